The van der Waals surface area contributed by atoms with Crippen LogP contribution in [0.2, 0.25) is 15.1 Å². The van der Waals surface area contributed by atoms with Crippen molar-refractivity contribution in [3.05, 3.63) is 93.0 Å². The zero-order valence-electron chi connectivity index (χ0n) is 14.1. The Hall–Kier alpha value is -2.00. The second-order valence-corrected chi connectivity index (χ2v) is 6.87. The quantitative estimate of drug-likeness (QED) is 0.434. The van der Waals surface area contributed by atoms with E-state index in [0.29, 0.717) is 15.1 Å². The van der Waals surface area contributed by atoms with Crippen LogP contribution in [-0.2, 0) is 4.79 Å². The summed E-state index contributed by atoms with van der Waals surface area (Å²) in [4.78, 5) is 11.9. The fourth-order valence-electron chi connectivity index (χ4n) is 2.09. The highest BCUT2D eigenvalue weighted by Crippen LogP contribution is 2.21. The first-order valence-electron chi connectivity index (χ1n) is 7.98. The lowest BCUT2D eigenvalue weighted by Gasteiger charge is -2.06. The second-order valence-electron chi connectivity index (χ2n) is 5.59. The number of carbonyl (C=O) groups excluding carboxylic acids is 1. The average Bonchev–Trinajstić information content (AvgIpc) is 2.59. The monoisotopic (exact) mass is 405 g/mol. The van der Waals surface area contributed by atoms with Gasteiger partial charge >= 0.3 is 0 Å². The molecule has 26 heavy (non-hydrogen) atoms. The number of rotatable bonds is 6. The molecule has 5 heteroatoms. The van der Waals surface area contributed by atoms with Gasteiger partial charge in [-0.05, 0) is 42.3 Å². The molecule has 2 aromatic carbocycles. The van der Waals surface area contributed by atoms with Gasteiger partial charge in [0, 0.05) is 27.2 Å². The molecule has 0 spiro atoms. The SMILES string of the molecule is CC(/C=C\c1ccc(Cl)cc1)NC(=O)/C=C/C=C/c1ccc(Cl)cc1Cl. The van der Waals surface area contributed by atoms with Crippen molar-refractivity contribution in [1.29, 1.82) is 0 Å². The number of hydrogen-bond acceptors (Lipinski definition) is 1. The predicted molar refractivity (Wildman–Crippen MR) is 113 cm³/mol. The highest BCUT2D eigenvalue weighted by atomic mass is 35.5. The van der Waals surface area contributed by atoms with Gasteiger partial charge in [-0.1, -0.05) is 83.4 Å². The van der Waals surface area contributed by atoms with Gasteiger partial charge in [0.2, 0.25) is 5.91 Å². The van der Waals surface area contributed by atoms with E-state index in [0.717, 1.165) is 11.1 Å². The number of nitrogens with one attached hydrogen (secondary N) is 1. The van der Waals surface area contributed by atoms with Crippen molar-refractivity contribution in [2.45, 2.75) is 13.0 Å². The Kier molecular flexibility index (Phi) is 7.99. The van der Waals surface area contributed by atoms with Crippen molar-refractivity contribution < 1.29 is 4.79 Å². The number of carbonyl (C=O) groups is 1. The van der Waals surface area contributed by atoms with Gasteiger partial charge in [-0.15, -0.1) is 0 Å². The van der Waals surface area contributed by atoms with E-state index in [9.17, 15) is 4.79 Å². The molecule has 0 aromatic heterocycles. The minimum Gasteiger partial charge on any atom is -0.347 e. The van der Waals surface area contributed by atoms with Gasteiger partial charge in [-0.2, -0.15) is 0 Å². The van der Waals surface area contributed by atoms with Gasteiger partial charge in [0.1, 0.15) is 0 Å². The van der Waals surface area contributed by atoms with E-state index >= 15 is 0 Å². The Labute approximate surface area is 168 Å². The standard InChI is InChI=1S/C21H18Cl3NO/c1-15(6-7-16-8-11-18(22)12-9-16)25-21(26)5-3-2-4-17-10-13-19(23)14-20(17)24/h2-15H,1H3,(H,25,26)/b4-2+,5-3+,7-6-. The van der Waals surface area contributed by atoms with Crippen LogP contribution in [0.15, 0.2) is 66.8 Å². The third kappa shape index (κ3) is 7.09. The molecule has 134 valence electrons. The molecule has 0 bridgehead atoms. The van der Waals surface area contributed by atoms with Crippen LogP contribution in [-0.4, -0.2) is 11.9 Å². The lowest BCUT2D eigenvalue weighted by atomic mass is 10.2. The van der Waals surface area contributed by atoms with E-state index in [2.05, 4.69) is 5.32 Å². The summed E-state index contributed by atoms with van der Waals surface area (Å²) in [6, 6.07) is 12.6. The molecule has 0 heterocycles. The molecule has 1 atom stereocenters. The molecule has 0 aliphatic heterocycles. The van der Waals surface area contributed by atoms with Crippen LogP contribution >= 0.6 is 34.8 Å². The van der Waals surface area contributed by atoms with Crippen LogP contribution in [0.1, 0.15) is 18.1 Å². The summed E-state index contributed by atoms with van der Waals surface area (Å²) in [6.07, 6.45) is 10.5. The van der Waals surface area contributed by atoms with Crippen LogP contribution in [0.3, 0.4) is 0 Å². The molecule has 0 fully saturated rings. The number of hydrogen-bond donors (Lipinski definition) is 1. The van der Waals surface area contributed by atoms with E-state index in [1.54, 1.807) is 24.3 Å². The maximum atomic E-state index is 11.9. The van der Waals surface area contributed by atoms with Gasteiger partial charge in [-0.25, -0.2) is 0 Å². The van der Waals surface area contributed by atoms with Gasteiger partial charge in [0.15, 0.2) is 0 Å². The fraction of sp³-hybridized carbons (Fsp3) is 0.0952. The molecule has 1 unspecified atom stereocenters. The normalized spacial score (nSPS) is 12.9. The van der Waals surface area contributed by atoms with Gasteiger partial charge in [0.05, 0.1) is 0 Å². The zero-order valence-corrected chi connectivity index (χ0v) is 16.4. The first-order chi connectivity index (χ1) is 12.4. The Morgan fingerprint density at radius 2 is 1.65 bits per heavy atom. The third-order valence-electron chi connectivity index (χ3n) is 3.41. The van der Waals surface area contributed by atoms with E-state index in [4.69, 9.17) is 34.8 Å². The molecular formula is C21H18Cl3NO. The van der Waals surface area contributed by atoms with Crippen LogP contribution in [0.25, 0.3) is 12.2 Å². The van der Waals surface area contributed by atoms with Crippen molar-refractivity contribution in [2.75, 3.05) is 0 Å². The predicted octanol–water partition coefficient (Wildman–Crippen LogP) is 6.43. The Morgan fingerprint density at radius 3 is 2.35 bits per heavy atom. The molecule has 0 aliphatic rings. The third-order valence-corrected chi connectivity index (χ3v) is 4.23. The van der Waals surface area contributed by atoms with Crippen LogP contribution in [0.5, 0.6) is 0 Å². The number of halogens is 3. The molecule has 2 aromatic rings. The molecule has 1 amide bonds. The van der Waals surface area contributed by atoms with Crippen molar-refractivity contribution in [3.8, 4) is 0 Å². The van der Waals surface area contributed by atoms with Crippen LogP contribution in [0, 0.1) is 0 Å². The van der Waals surface area contributed by atoms with E-state index in [-0.39, 0.29) is 11.9 Å². The number of benzene rings is 2. The molecular weight excluding hydrogens is 389 g/mol. The highest BCUT2D eigenvalue weighted by molar-refractivity contribution is 6.35. The lowest BCUT2D eigenvalue weighted by Crippen LogP contribution is -2.29. The van der Waals surface area contributed by atoms with Crippen molar-refractivity contribution >= 4 is 52.9 Å². The molecule has 2 nitrogen and oxygen atoms in total. The summed E-state index contributed by atoms with van der Waals surface area (Å²) >= 11 is 17.8. The summed E-state index contributed by atoms with van der Waals surface area (Å²) in [6.45, 7) is 1.90. The Morgan fingerprint density at radius 1 is 0.962 bits per heavy atom. The summed E-state index contributed by atoms with van der Waals surface area (Å²) in [5.74, 6) is -0.176. The second kappa shape index (κ2) is 10.2. The maximum absolute atomic E-state index is 11.9. The molecule has 0 radical (unpaired) electrons. The molecule has 1 N–H and O–H groups in total. The smallest absolute Gasteiger partial charge is 0.244 e. The van der Waals surface area contributed by atoms with Crippen LogP contribution < -0.4 is 5.32 Å². The average molecular weight is 407 g/mol. The first-order valence-corrected chi connectivity index (χ1v) is 9.11. The van der Waals surface area contributed by atoms with Crippen LogP contribution in [0.4, 0.5) is 0 Å². The molecule has 0 saturated carbocycles. The van der Waals surface area contributed by atoms with Crippen molar-refractivity contribution in [1.82, 2.24) is 5.32 Å². The summed E-state index contributed by atoms with van der Waals surface area (Å²) in [5, 5.41) is 4.71. The Bertz CT molecular complexity index is 839. The zero-order chi connectivity index (χ0) is 18.9. The lowest BCUT2D eigenvalue weighted by molar-refractivity contribution is -0.116. The van der Waals surface area contributed by atoms with E-state index in [1.807, 2.05) is 55.5 Å². The van der Waals surface area contributed by atoms with Gasteiger partial charge < -0.3 is 5.32 Å². The Balaban J connectivity index is 1.84. The first kappa shape index (κ1) is 20.3. The maximum Gasteiger partial charge on any atom is 0.244 e. The van der Waals surface area contributed by atoms with E-state index in [1.165, 1.54) is 6.08 Å². The molecule has 0 saturated heterocycles. The summed E-state index contributed by atoms with van der Waals surface area (Å²) in [5.41, 5.74) is 1.86. The summed E-state index contributed by atoms with van der Waals surface area (Å²) < 4.78 is 0. The van der Waals surface area contributed by atoms with Crippen molar-refractivity contribution in [3.63, 3.8) is 0 Å². The van der Waals surface area contributed by atoms with E-state index < -0.39 is 0 Å². The number of amides is 1. The topological polar surface area (TPSA) is 29.1 Å². The molecule has 0 aliphatic carbocycles. The highest BCUT2D eigenvalue weighted by Gasteiger charge is 2.00. The van der Waals surface area contributed by atoms with Gasteiger partial charge in [0.25, 0.3) is 0 Å². The largest absolute Gasteiger partial charge is 0.347 e. The summed E-state index contributed by atoms with van der Waals surface area (Å²) in [7, 11) is 0. The van der Waals surface area contributed by atoms with Crippen molar-refractivity contribution in [2.24, 2.45) is 0 Å². The van der Waals surface area contributed by atoms with Gasteiger partial charge in [-0.3, -0.25) is 4.79 Å². The molecule has 2 rings (SSSR count). The minimum atomic E-state index is -0.176. The fourth-order valence-corrected chi connectivity index (χ4v) is 2.69. The number of allylic oxidation sites excluding steroid dienone is 2. The minimum absolute atomic E-state index is 0.0995.